The van der Waals surface area contributed by atoms with Gasteiger partial charge in [0.25, 0.3) is 0 Å². The van der Waals surface area contributed by atoms with E-state index in [1.54, 1.807) is 22.7 Å². The smallest absolute Gasteiger partial charge is 0.416 e. The van der Waals surface area contributed by atoms with Crippen LogP contribution in [0.3, 0.4) is 0 Å². The molecule has 3 aromatic rings. The lowest BCUT2D eigenvalue weighted by Gasteiger charge is -2.23. The summed E-state index contributed by atoms with van der Waals surface area (Å²) in [6.45, 7) is 8.06. The molecule has 0 bridgehead atoms. The van der Waals surface area contributed by atoms with Crippen molar-refractivity contribution in [2.75, 3.05) is 18.0 Å². The van der Waals surface area contributed by atoms with Gasteiger partial charge in [0.15, 0.2) is 0 Å². The van der Waals surface area contributed by atoms with Crippen molar-refractivity contribution in [1.29, 1.82) is 0 Å². The van der Waals surface area contributed by atoms with Gasteiger partial charge in [0.2, 0.25) is 0 Å². The first-order valence-electron chi connectivity index (χ1n) is 10.1. The van der Waals surface area contributed by atoms with Crippen molar-refractivity contribution in [1.82, 2.24) is 4.98 Å². The van der Waals surface area contributed by atoms with Crippen molar-refractivity contribution in [2.24, 2.45) is 0 Å². The molecule has 9 heteroatoms. The Bertz CT molecular complexity index is 1140. The average molecular weight is 493 g/mol. The number of carboxylic acids is 1. The molecule has 0 aliphatic heterocycles. The Balaban J connectivity index is 1.78. The standard InChI is InChI=1S/C24H23F3N2O2S2/c1-4-16-8-11-19(12-20(16)29(5-2)13-22(30)31)32-14-21-15(3)28-23(33-21)17-6-9-18(10-7-17)24(25,26)27/h4,6-12H,1,5,13-14H2,2-3H3,(H,30,31). The van der Waals surface area contributed by atoms with Crippen LogP contribution < -0.4 is 4.90 Å². The summed E-state index contributed by atoms with van der Waals surface area (Å²) in [5.41, 5.74) is 2.48. The number of hydrogen-bond donors (Lipinski definition) is 1. The van der Waals surface area contributed by atoms with Gasteiger partial charge >= 0.3 is 12.1 Å². The van der Waals surface area contributed by atoms with Crippen LogP contribution in [-0.4, -0.2) is 29.1 Å². The van der Waals surface area contributed by atoms with Gasteiger partial charge in [-0.3, -0.25) is 4.79 Å². The van der Waals surface area contributed by atoms with Crippen LogP contribution in [0, 0.1) is 6.92 Å². The van der Waals surface area contributed by atoms with Crippen molar-refractivity contribution in [2.45, 2.75) is 30.7 Å². The van der Waals surface area contributed by atoms with Crippen LogP contribution in [0.2, 0.25) is 0 Å². The van der Waals surface area contributed by atoms with Gasteiger partial charge in [-0.15, -0.1) is 23.1 Å². The molecule has 4 nitrogen and oxygen atoms in total. The highest BCUT2D eigenvalue weighted by Crippen LogP contribution is 2.36. The number of carboxylic acid groups (broad SMARTS) is 1. The molecule has 33 heavy (non-hydrogen) atoms. The normalized spacial score (nSPS) is 11.4. The van der Waals surface area contributed by atoms with Crippen molar-refractivity contribution in [3.8, 4) is 10.6 Å². The molecule has 3 rings (SSSR count). The number of anilines is 1. The number of thiazole rings is 1. The van der Waals surface area contributed by atoms with E-state index < -0.39 is 17.7 Å². The van der Waals surface area contributed by atoms with Gasteiger partial charge in [0.1, 0.15) is 11.6 Å². The van der Waals surface area contributed by atoms with E-state index in [-0.39, 0.29) is 6.54 Å². The molecule has 2 aromatic carbocycles. The van der Waals surface area contributed by atoms with Gasteiger partial charge in [-0.05, 0) is 43.7 Å². The van der Waals surface area contributed by atoms with Gasteiger partial charge in [-0.25, -0.2) is 4.98 Å². The number of alkyl halides is 3. The van der Waals surface area contributed by atoms with E-state index in [1.807, 2.05) is 32.0 Å². The molecular formula is C24H23F3N2O2S2. The van der Waals surface area contributed by atoms with Crippen LogP contribution in [0.5, 0.6) is 0 Å². The number of aryl methyl sites for hydroxylation is 1. The van der Waals surface area contributed by atoms with Crippen LogP contribution in [0.4, 0.5) is 18.9 Å². The van der Waals surface area contributed by atoms with Crippen LogP contribution in [0.25, 0.3) is 16.6 Å². The van der Waals surface area contributed by atoms with Crippen molar-refractivity contribution in [3.05, 3.63) is 70.7 Å². The number of thioether (sulfide) groups is 1. The SMILES string of the molecule is C=Cc1ccc(SCc2sc(-c3ccc(C(F)(F)F)cc3)nc2C)cc1N(CC)CC(=O)O. The Morgan fingerprint density at radius 1 is 1.24 bits per heavy atom. The molecule has 0 fully saturated rings. The highest BCUT2D eigenvalue weighted by atomic mass is 32.2. The van der Waals surface area contributed by atoms with Crippen LogP contribution in [-0.2, 0) is 16.7 Å². The molecule has 1 aromatic heterocycles. The summed E-state index contributed by atoms with van der Waals surface area (Å²) < 4.78 is 38.4. The number of likely N-dealkylation sites (N-methyl/N-ethyl adjacent to an activating group) is 1. The number of carbonyl (C=O) groups is 1. The maximum atomic E-state index is 12.8. The molecular weight excluding hydrogens is 469 g/mol. The zero-order chi connectivity index (χ0) is 24.2. The predicted molar refractivity (Wildman–Crippen MR) is 129 cm³/mol. The van der Waals surface area contributed by atoms with E-state index in [2.05, 4.69) is 11.6 Å². The fraction of sp³-hybridized carbons (Fsp3) is 0.250. The fourth-order valence-electron chi connectivity index (χ4n) is 3.23. The third kappa shape index (κ3) is 6.17. The summed E-state index contributed by atoms with van der Waals surface area (Å²) in [4.78, 5) is 19.6. The average Bonchev–Trinajstić information content (AvgIpc) is 3.15. The van der Waals surface area contributed by atoms with Crippen molar-refractivity contribution in [3.63, 3.8) is 0 Å². The lowest BCUT2D eigenvalue weighted by atomic mass is 10.1. The number of rotatable bonds is 9. The zero-order valence-corrected chi connectivity index (χ0v) is 19.8. The van der Waals surface area contributed by atoms with Gasteiger partial charge in [0.05, 0.1) is 11.3 Å². The molecule has 0 saturated carbocycles. The molecule has 0 radical (unpaired) electrons. The lowest BCUT2D eigenvalue weighted by Crippen LogP contribution is -2.29. The van der Waals surface area contributed by atoms with E-state index in [1.165, 1.54) is 23.5 Å². The highest BCUT2D eigenvalue weighted by molar-refractivity contribution is 7.98. The van der Waals surface area contributed by atoms with Gasteiger partial charge in [-0.2, -0.15) is 13.2 Å². The Hall–Kier alpha value is -2.78. The second-order valence-corrected chi connectivity index (χ2v) is 9.36. The molecule has 174 valence electrons. The van der Waals surface area contributed by atoms with Gasteiger partial charge in [-0.1, -0.05) is 30.9 Å². The van der Waals surface area contributed by atoms with Crippen LogP contribution in [0.1, 0.15) is 28.6 Å². The molecule has 1 N–H and O–H groups in total. The topological polar surface area (TPSA) is 53.4 Å². The number of nitrogens with zero attached hydrogens (tertiary/aromatic N) is 2. The first-order chi connectivity index (χ1) is 15.6. The van der Waals surface area contributed by atoms with E-state index in [4.69, 9.17) is 0 Å². The maximum Gasteiger partial charge on any atom is 0.416 e. The summed E-state index contributed by atoms with van der Waals surface area (Å²) >= 11 is 3.05. The second kappa shape index (κ2) is 10.4. The van der Waals surface area contributed by atoms with E-state index in [9.17, 15) is 23.1 Å². The van der Waals surface area contributed by atoms with Crippen LogP contribution >= 0.6 is 23.1 Å². The minimum absolute atomic E-state index is 0.101. The first kappa shape index (κ1) is 24.9. The third-order valence-electron chi connectivity index (χ3n) is 4.99. The summed E-state index contributed by atoms with van der Waals surface area (Å²) in [6.07, 6.45) is -2.66. The summed E-state index contributed by atoms with van der Waals surface area (Å²) in [5, 5.41) is 9.89. The molecule has 0 aliphatic rings. The molecule has 0 unspecified atom stereocenters. The summed E-state index contributed by atoms with van der Waals surface area (Å²) in [6, 6.07) is 10.9. The minimum Gasteiger partial charge on any atom is -0.480 e. The van der Waals surface area contributed by atoms with E-state index in [0.29, 0.717) is 22.9 Å². The molecule has 0 saturated heterocycles. The number of halogens is 3. The number of aromatic nitrogens is 1. The van der Waals surface area contributed by atoms with E-state index in [0.717, 1.165) is 38.9 Å². The Kier molecular flexibility index (Phi) is 7.86. The second-order valence-electron chi connectivity index (χ2n) is 7.22. The molecule has 0 atom stereocenters. The lowest BCUT2D eigenvalue weighted by molar-refractivity contribution is -0.137. The van der Waals surface area contributed by atoms with E-state index >= 15 is 0 Å². The number of hydrogen-bond acceptors (Lipinski definition) is 5. The largest absolute Gasteiger partial charge is 0.480 e. The minimum atomic E-state index is -4.36. The fourth-order valence-corrected chi connectivity index (χ4v) is 5.37. The first-order valence-corrected chi connectivity index (χ1v) is 11.9. The molecule has 0 amide bonds. The third-order valence-corrected chi connectivity index (χ3v) is 7.40. The highest BCUT2D eigenvalue weighted by Gasteiger charge is 2.30. The number of benzene rings is 2. The molecule has 0 spiro atoms. The molecule has 1 heterocycles. The van der Waals surface area contributed by atoms with Crippen molar-refractivity contribution >= 4 is 40.8 Å². The molecule has 0 aliphatic carbocycles. The predicted octanol–water partition coefficient (Wildman–Crippen LogP) is 6.98. The van der Waals surface area contributed by atoms with Crippen molar-refractivity contribution < 1.29 is 23.1 Å². The van der Waals surface area contributed by atoms with Crippen LogP contribution in [0.15, 0.2) is 53.9 Å². The Labute approximate surface area is 198 Å². The Morgan fingerprint density at radius 3 is 2.52 bits per heavy atom. The summed E-state index contributed by atoms with van der Waals surface area (Å²) in [5.74, 6) is -0.261. The monoisotopic (exact) mass is 492 g/mol. The number of aliphatic carboxylic acids is 1. The summed E-state index contributed by atoms with van der Waals surface area (Å²) in [7, 11) is 0. The van der Waals surface area contributed by atoms with Gasteiger partial charge in [0, 0.05) is 33.3 Å². The van der Waals surface area contributed by atoms with Gasteiger partial charge < -0.3 is 10.0 Å². The quantitative estimate of drug-likeness (QED) is 0.327. The maximum absolute atomic E-state index is 12.8. The Morgan fingerprint density at radius 2 is 1.94 bits per heavy atom. The zero-order valence-electron chi connectivity index (χ0n) is 18.1.